The average Bonchev–Trinajstić information content (AvgIpc) is 3.38. The number of carbonyl (C=O) groups excluding carboxylic acids is 2. The first-order chi connectivity index (χ1) is 13.8. The van der Waals surface area contributed by atoms with Gasteiger partial charge in [-0.3, -0.25) is 9.59 Å². The Bertz CT molecular complexity index is 844. The first-order valence-electron chi connectivity index (χ1n) is 10.6. The minimum Gasteiger partial charge on any atom is -0.426 e. The van der Waals surface area contributed by atoms with Crippen LogP contribution in [0, 0.1) is 17.8 Å². The van der Waals surface area contributed by atoms with Gasteiger partial charge in [0.05, 0.1) is 5.94 Å². The fourth-order valence-electron chi connectivity index (χ4n) is 3.89. The summed E-state index contributed by atoms with van der Waals surface area (Å²) in [5.74, 6) is -0.783. The van der Waals surface area contributed by atoms with E-state index >= 15 is 0 Å². The predicted octanol–water partition coefficient (Wildman–Crippen LogP) is 2.63. The summed E-state index contributed by atoms with van der Waals surface area (Å²) in [5.41, 5.74) is 1.99. The van der Waals surface area contributed by atoms with Crippen LogP contribution < -0.4 is 5.32 Å². The van der Waals surface area contributed by atoms with Crippen LogP contribution in [0.25, 0.3) is 10.9 Å². The number of aromatic nitrogens is 1. The van der Waals surface area contributed by atoms with Crippen LogP contribution in [0.1, 0.15) is 51.5 Å². The molecular formula is C22H31BN2O4. The Labute approximate surface area is 172 Å². The highest BCUT2D eigenvalue weighted by Gasteiger charge is 2.32. The van der Waals surface area contributed by atoms with Crippen LogP contribution in [0.5, 0.6) is 0 Å². The van der Waals surface area contributed by atoms with Gasteiger partial charge in [-0.1, -0.05) is 32.0 Å². The number of fused-ring (bicyclic) bond motifs is 1. The molecule has 2 atom stereocenters. The zero-order valence-electron chi connectivity index (χ0n) is 17.2. The van der Waals surface area contributed by atoms with Gasteiger partial charge < -0.3 is 20.3 Å². The van der Waals surface area contributed by atoms with Crippen molar-refractivity contribution in [2.24, 2.45) is 17.8 Å². The molecule has 156 valence electrons. The summed E-state index contributed by atoms with van der Waals surface area (Å²) in [5, 5.41) is 23.2. The number of benzene rings is 1. The van der Waals surface area contributed by atoms with Crippen LogP contribution in [0.4, 0.5) is 0 Å². The molecule has 7 heteroatoms. The van der Waals surface area contributed by atoms with Gasteiger partial charge in [-0.05, 0) is 49.1 Å². The molecule has 1 fully saturated rings. The smallest absolute Gasteiger partial charge is 0.426 e. The van der Waals surface area contributed by atoms with Crippen LogP contribution in [0.2, 0.25) is 0 Å². The summed E-state index contributed by atoms with van der Waals surface area (Å²) in [6.45, 7) is 3.92. The third-order valence-electron chi connectivity index (χ3n) is 5.61. The van der Waals surface area contributed by atoms with Crippen molar-refractivity contribution in [1.82, 2.24) is 10.3 Å². The van der Waals surface area contributed by atoms with Gasteiger partial charge in [-0.2, -0.15) is 0 Å². The van der Waals surface area contributed by atoms with E-state index in [1.165, 1.54) is 0 Å². The Morgan fingerprint density at radius 2 is 1.97 bits per heavy atom. The van der Waals surface area contributed by atoms with Crippen molar-refractivity contribution in [3.63, 3.8) is 0 Å². The fraction of sp³-hybridized carbons (Fsp3) is 0.545. The molecule has 29 heavy (non-hydrogen) atoms. The number of ketones is 1. The molecule has 6 nitrogen and oxygen atoms in total. The summed E-state index contributed by atoms with van der Waals surface area (Å²) in [6, 6.07) is 7.88. The average molecular weight is 398 g/mol. The van der Waals surface area contributed by atoms with E-state index in [0.717, 1.165) is 29.3 Å². The van der Waals surface area contributed by atoms with Crippen molar-refractivity contribution in [3.8, 4) is 0 Å². The zero-order valence-corrected chi connectivity index (χ0v) is 17.2. The van der Waals surface area contributed by atoms with Gasteiger partial charge in [0.15, 0.2) is 0 Å². The van der Waals surface area contributed by atoms with E-state index in [1.54, 1.807) is 0 Å². The second kappa shape index (κ2) is 9.59. The highest BCUT2D eigenvalue weighted by Crippen LogP contribution is 2.33. The van der Waals surface area contributed by atoms with E-state index in [1.807, 2.05) is 44.3 Å². The lowest BCUT2D eigenvalue weighted by Gasteiger charge is -2.23. The van der Waals surface area contributed by atoms with Crippen LogP contribution in [0.3, 0.4) is 0 Å². The van der Waals surface area contributed by atoms with Crippen LogP contribution in [-0.4, -0.2) is 39.8 Å². The number of Topliss-reactive ketones (excluding diaryl/α,β-unsaturated/α-hetero) is 1. The van der Waals surface area contributed by atoms with Gasteiger partial charge in [0, 0.05) is 35.9 Å². The van der Waals surface area contributed by atoms with E-state index in [4.69, 9.17) is 0 Å². The molecular weight excluding hydrogens is 367 g/mol. The second-order valence-corrected chi connectivity index (χ2v) is 8.81. The highest BCUT2D eigenvalue weighted by atomic mass is 16.4. The quantitative estimate of drug-likeness (QED) is 0.437. The molecule has 2 aromatic rings. The Hall–Kier alpha value is -2.12. The molecule has 1 saturated carbocycles. The van der Waals surface area contributed by atoms with Gasteiger partial charge in [0.25, 0.3) is 0 Å². The number of carbonyl (C=O) groups is 2. The van der Waals surface area contributed by atoms with E-state index in [-0.39, 0.29) is 24.0 Å². The zero-order chi connectivity index (χ0) is 21.0. The number of H-pyrrole nitrogens is 1. The maximum atomic E-state index is 13.0. The molecule has 1 aromatic heterocycles. The summed E-state index contributed by atoms with van der Waals surface area (Å²) in [7, 11) is -1.63. The van der Waals surface area contributed by atoms with Gasteiger partial charge >= 0.3 is 7.12 Å². The van der Waals surface area contributed by atoms with Crippen molar-refractivity contribution in [3.05, 3.63) is 36.0 Å². The minimum atomic E-state index is -1.63. The summed E-state index contributed by atoms with van der Waals surface area (Å²) >= 11 is 0. The molecule has 1 heterocycles. The fourth-order valence-corrected chi connectivity index (χ4v) is 3.89. The number of aromatic amines is 1. The van der Waals surface area contributed by atoms with Crippen LogP contribution in [0.15, 0.2) is 30.5 Å². The largest absolute Gasteiger partial charge is 0.475 e. The Kier molecular flexibility index (Phi) is 7.14. The Morgan fingerprint density at radius 3 is 2.62 bits per heavy atom. The molecule has 3 rings (SSSR count). The van der Waals surface area contributed by atoms with Crippen molar-refractivity contribution >= 4 is 29.7 Å². The molecule has 0 bridgehead atoms. The lowest BCUT2D eigenvalue weighted by atomic mass is 9.74. The summed E-state index contributed by atoms with van der Waals surface area (Å²) in [4.78, 5) is 28.8. The summed E-state index contributed by atoms with van der Waals surface area (Å²) < 4.78 is 0. The van der Waals surface area contributed by atoms with Gasteiger partial charge in [0.1, 0.15) is 5.78 Å². The number of hydrogen-bond donors (Lipinski definition) is 4. The van der Waals surface area contributed by atoms with Crippen molar-refractivity contribution in [2.45, 2.75) is 58.3 Å². The number of nitrogens with one attached hydrogen (secondary N) is 2. The van der Waals surface area contributed by atoms with E-state index in [9.17, 15) is 19.6 Å². The molecule has 1 amide bonds. The molecule has 0 saturated heterocycles. The van der Waals surface area contributed by atoms with E-state index < -0.39 is 19.0 Å². The lowest BCUT2D eigenvalue weighted by Crippen LogP contribution is -2.49. The monoisotopic (exact) mass is 398 g/mol. The van der Waals surface area contributed by atoms with Crippen LogP contribution >= 0.6 is 0 Å². The molecule has 4 N–H and O–H groups in total. The van der Waals surface area contributed by atoms with Gasteiger partial charge in [0.2, 0.25) is 5.91 Å². The normalized spacial score (nSPS) is 16.0. The lowest BCUT2D eigenvalue weighted by molar-refractivity contribution is -0.130. The maximum Gasteiger partial charge on any atom is 0.475 e. The molecule has 0 radical (unpaired) electrons. The van der Waals surface area contributed by atoms with E-state index in [2.05, 4.69) is 10.3 Å². The molecule has 1 aliphatic carbocycles. The van der Waals surface area contributed by atoms with Crippen molar-refractivity contribution in [2.75, 3.05) is 0 Å². The van der Waals surface area contributed by atoms with Gasteiger partial charge in [-0.25, -0.2) is 0 Å². The molecule has 0 unspecified atom stereocenters. The topological polar surface area (TPSA) is 102 Å². The van der Waals surface area contributed by atoms with Crippen molar-refractivity contribution < 1.29 is 19.6 Å². The minimum absolute atomic E-state index is 0.109. The summed E-state index contributed by atoms with van der Waals surface area (Å²) in [6.07, 6.45) is 5.69. The predicted molar refractivity (Wildman–Crippen MR) is 114 cm³/mol. The second-order valence-electron chi connectivity index (χ2n) is 8.81. The first-order valence-corrected chi connectivity index (χ1v) is 10.6. The standard InChI is InChI=1S/C22H31BN2O4/c1-14(2)9-21(23(28)29)25-22(27)16(12-18(26)10-15-7-8-15)11-17-13-24-20-6-4-3-5-19(17)20/h3-6,13-16,21,24,28-29H,7-12H2,1-2H3,(H,25,27)/t16-,21+/m1/s1. The third kappa shape index (κ3) is 6.18. The SMILES string of the molecule is CC(C)C[C@H](NC(=O)[C@@H](CC(=O)CC1CC1)Cc1c[nH]c2ccccc12)B(O)O. The van der Waals surface area contributed by atoms with Crippen LogP contribution in [-0.2, 0) is 16.0 Å². The highest BCUT2D eigenvalue weighted by molar-refractivity contribution is 6.43. The first kappa shape index (κ1) is 21.6. The number of hydrogen-bond acceptors (Lipinski definition) is 4. The maximum absolute atomic E-state index is 13.0. The Balaban J connectivity index is 1.75. The molecule has 1 aromatic carbocycles. The van der Waals surface area contributed by atoms with Crippen molar-refractivity contribution in [1.29, 1.82) is 0 Å². The third-order valence-corrected chi connectivity index (χ3v) is 5.61. The molecule has 0 spiro atoms. The number of para-hydroxylation sites is 1. The number of amides is 1. The molecule has 0 aliphatic heterocycles. The number of rotatable bonds is 11. The van der Waals surface area contributed by atoms with Gasteiger partial charge in [-0.15, -0.1) is 0 Å². The molecule has 1 aliphatic rings. The Morgan fingerprint density at radius 1 is 1.24 bits per heavy atom. The van der Waals surface area contributed by atoms with E-state index in [0.29, 0.717) is 25.2 Å².